The number of hydrogen-bond donors (Lipinski definition) is 3. The summed E-state index contributed by atoms with van der Waals surface area (Å²) in [7, 11) is 1.52. The fourth-order valence-electron chi connectivity index (χ4n) is 4.29. The van der Waals surface area contributed by atoms with Crippen LogP contribution in [0.15, 0.2) is 48.7 Å². The second-order valence-electron chi connectivity index (χ2n) is 8.16. The van der Waals surface area contributed by atoms with E-state index in [4.69, 9.17) is 0 Å². The molecule has 3 aromatic rings. The molecule has 8 heteroatoms. The maximum Gasteiger partial charge on any atom is 0.253 e. The lowest BCUT2D eigenvalue weighted by molar-refractivity contribution is -0.0429. The Morgan fingerprint density at radius 2 is 1.88 bits per heavy atom. The number of nitrogens with one attached hydrogen (secondary N) is 3. The van der Waals surface area contributed by atoms with E-state index in [9.17, 15) is 18.4 Å². The number of aromatic nitrogens is 1. The fraction of sp³-hybridized carbons (Fsp3) is 0.333. The summed E-state index contributed by atoms with van der Waals surface area (Å²) in [5.74, 6) is -3.56. The van der Waals surface area contributed by atoms with Crippen molar-refractivity contribution in [2.45, 2.75) is 43.8 Å². The molecule has 0 saturated heterocycles. The predicted octanol–water partition coefficient (Wildman–Crippen LogP) is 4.89. The Hall–Kier alpha value is -3.29. The first-order valence-electron chi connectivity index (χ1n) is 10.5. The molecular weight excluding hydrogens is 419 g/mol. The van der Waals surface area contributed by atoms with Crippen molar-refractivity contribution in [3.63, 3.8) is 0 Å². The number of amides is 2. The Labute approximate surface area is 183 Å². The van der Waals surface area contributed by atoms with Gasteiger partial charge < -0.3 is 15.6 Å². The van der Waals surface area contributed by atoms with Crippen molar-refractivity contribution >= 4 is 22.7 Å². The van der Waals surface area contributed by atoms with E-state index in [2.05, 4.69) is 15.6 Å². The van der Waals surface area contributed by atoms with Crippen molar-refractivity contribution in [1.82, 2.24) is 15.6 Å². The van der Waals surface area contributed by atoms with Crippen LogP contribution in [0.4, 0.5) is 13.2 Å². The van der Waals surface area contributed by atoms with Crippen molar-refractivity contribution in [3.8, 4) is 0 Å². The smallest absolute Gasteiger partial charge is 0.253 e. The van der Waals surface area contributed by atoms with Crippen LogP contribution in [0.3, 0.4) is 0 Å². The van der Waals surface area contributed by atoms with Gasteiger partial charge in [-0.25, -0.2) is 13.2 Å². The van der Waals surface area contributed by atoms with Crippen molar-refractivity contribution in [2.75, 3.05) is 7.05 Å². The Kier molecular flexibility index (Phi) is 5.95. The highest BCUT2D eigenvalue weighted by Gasteiger charge is 2.37. The van der Waals surface area contributed by atoms with E-state index in [0.29, 0.717) is 34.9 Å². The standard InChI is InChI=1S/C24H24F3N3O2/c1-28-22(31)15-9-7-14(8-10-15)21(25)17-5-2-6-19-20(17)18(13-29-19)23(32)30-16-4-3-11-24(26,27)12-16/h2,5-10,13,16,21,29H,3-4,11-12H2,1H3,(H,28,31)(H,30,32). The molecule has 32 heavy (non-hydrogen) atoms. The Morgan fingerprint density at radius 1 is 1.12 bits per heavy atom. The molecule has 0 bridgehead atoms. The van der Waals surface area contributed by atoms with Gasteiger partial charge in [0.05, 0.1) is 5.56 Å². The number of H-pyrrole nitrogens is 1. The van der Waals surface area contributed by atoms with E-state index in [1.54, 1.807) is 18.2 Å². The number of benzene rings is 2. The summed E-state index contributed by atoms with van der Waals surface area (Å²) in [6, 6.07) is 10.5. The van der Waals surface area contributed by atoms with Crippen molar-refractivity contribution in [2.24, 2.45) is 0 Å². The molecule has 1 aliphatic rings. The average molecular weight is 443 g/mol. The molecule has 168 valence electrons. The zero-order valence-electron chi connectivity index (χ0n) is 17.6. The predicted molar refractivity (Wildman–Crippen MR) is 116 cm³/mol. The van der Waals surface area contributed by atoms with Crippen LogP contribution < -0.4 is 10.6 Å². The van der Waals surface area contributed by atoms with Crippen LogP contribution in [0.25, 0.3) is 10.9 Å². The first-order chi connectivity index (χ1) is 15.3. The highest BCUT2D eigenvalue weighted by atomic mass is 19.3. The molecule has 4 rings (SSSR count). The zero-order chi connectivity index (χ0) is 22.9. The first-order valence-corrected chi connectivity index (χ1v) is 10.5. The largest absolute Gasteiger partial charge is 0.360 e. The van der Waals surface area contributed by atoms with Crippen molar-refractivity contribution in [3.05, 3.63) is 70.9 Å². The molecule has 1 heterocycles. The highest BCUT2D eigenvalue weighted by molar-refractivity contribution is 6.08. The van der Waals surface area contributed by atoms with E-state index in [-0.39, 0.29) is 23.5 Å². The molecule has 2 aromatic carbocycles. The SMILES string of the molecule is CNC(=O)c1ccc(C(F)c2cccc3[nH]cc(C(=O)NC4CCCC(F)(F)C4)c23)cc1. The number of aromatic amines is 1. The van der Waals surface area contributed by atoms with Gasteiger partial charge in [-0.1, -0.05) is 24.3 Å². The molecule has 1 aliphatic carbocycles. The van der Waals surface area contributed by atoms with Crippen LogP contribution in [-0.4, -0.2) is 35.8 Å². The van der Waals surface area contributed by atoms with E-state index >= 15 is 4.39 Å². The van der Waals surface area contributed by atoms with E-state index in [1.165, 1.54) is 37.5 Å². The normalized spacial score (nSPS) is 18.8. The van der Waals surface area contributed by atoms with Crippen molar-refractivity contribution < 1.29 is 22.8 Å². The van der Waals surface area contributed by atoms with E-state index in [1.807, 2.05) is 0 Å². The summed E-state index contributed by atoms with van der Waals surface area (Å²) < 4.78 is 43.0. The molecule has 2 unspecified atom stereocenters. The molecule has 0 radical (unpaired) electrons. The van der Waals surface area contributed by atoms with Gasteiger partial charge in [0, 0.05) is 54.2 Å². The molecule has 2 atom stereocenters. The second kappa shape index (κ2) is 8.68. The Morgan fingerprint density at radius 3 is 2.56 bits per heavy atom. The van der Waals surface area contributed by atoms with Gasteiger partial charge >= 0.3 is 0 Å². The molecule has 1 fully saturated rings. The van der Waals surface area contributed by atoms with Crippen LogP contribution >= 0.6 is 0 Å². The second-order valence-corrected chi connectivity index (χ2v) is 8.16. The van der Waals surface area contributed by atoms with Crippen LogP contribution in [0.1, 0.15) is 63.7 Å². The van der Waals surface area contributed by atoms with Crippen LogP contribution in [0, 0.1) is 0 Å². The summed E-state index contributed by atoms with van der Waals surface area (Å²) in [6.45, 7) is 0. The molecule has 1 aromatic heterocycles. The van der Waals surface area contributed by atoms with E-state index < -0.39 is 30.5 Å². The Balaban J connectivity index is 1.63. The van der Waals surface area contributed by atoms with Crippen LogP contribution in [0.2, 0.25) is 0 Å². The van der Waals surface area contributed by atoms with Gasteiger partial charge in [-0.05, 0) is 36.6 Å². The monoisotopic (exact) mass is 443 g/mol. The number of carbonyl (C=O) groups is 2. The summed E-state index contributed by atoms with van der Waals surface area (Å²) in [6.07, 6.45) is 0.205. The molecule has 3 N–H and O–H groups in total. The molecule has 5 nitrogen and oxygen atoms in total. The van der Waals surface area contributed by atoms with Gasteiger partial charge in [-0.3, -0.25) is 9.59 Å². The van der Waals surface area contributed by atoms with Gasteiger partial charge in [0.15, 0.2) is 6.17 Å². The summed E-state index contributed by atoms with van der Waals surface area (Å²) in [5, 5.41) is 5.62. The minimum atomic E-state index is -2.79. The molecular formula is C24H24F3N3O2. The topological polar surface area (TPSA) is 74.0 Å². The third kappa shape index (κ3) is 4.35. The van der Waals surface area contributed by atoms with Gasteiger partial charge in [0.25, 0.3) is 11.8 Å². The number of halogens is 3. The zero-order valence-corrected chi connectivity index (χ0v) is 17.6. The molecule has 0 spiro atoms. The van der Waals surface area contributed by atoms with Gasteiger partial charge in [0.1, 0.15) is 0 Å². The quantitative estimate of drug-likeness (QED) is 0.525. The minimum absolute atomic E-state index is 0.168. The number of fused-ring (bicyclic) bond motifs is 1. The van der Waals surface area contributed by atoms with Gasteiger partial charge in [-0.2, -0.15) is 0 Å². The number of rotatable bonds is 5. The average Bonchev–Trinajstić information content (AvgIpc) is 3.22. The summed E-state index contributed by atoms with van der Waals surface area (Å²) >= 11 is 0. The molecule has 1 saturated carbocycles. The fourth-order valence-corrected chi connectivity index (χ4v) is 4.29. The maximum atomic E-state index is 15.5. The third-order valence-electron chi connectivity index (χ3n) is 5.92. The first kappa shape index (κ1) is 21.9. The lowest BCUT2D eigenvalue weighted by atomic mass is 9.91. The third-order valence-corrected chi connectivity index (χ3v) is 5.92. The Bertz CT molecular complexity index is 1140. The number of alkyl halides is 3. The lowest BCUT2D eigenvalue weighted by Crippen LogP contribution is -2.42. The van der Waals surface area contributed by atoms with Gasteiger partial charge in [0.2, 0.25) is 5.92 Å². The number of carbonyl (C=O) groups excluding carboxylic acids is 2. The maximum absolute atomic E-state index is 15.5. The summed E-state index contributed by atoms with van der Waals surface area (Å²) in [5.41, 5.74) is 1.83. The van der Waals surface area contributed by atoms with Gasteiger partial charge in [-0.15, -0.1) is 0 Å². The minimum Gasteiger partial charge on any atom is -0.360 e. The molecule has 2 amide bonds. The number of hydrogen-bond acceptors (Lipinski definition) is 2. The van der Waals surface area contributed by atoms with E-state index in [0.717, 1.165) is 0 Å². The van der Waals surface area contributed by atoms with Crippen molar-refractivity contribution in [1.29, 1.82) is 0 Å². The highest BCUT2D eigenvalue weighted by Crippen LogP contribution is 2.35. The lowest BCUT2D eigenvalue weighted by Gasteiger charge is -2.29. The molecule has 0 aliphatic heterocycles. The summed E-state index contributed by atoms with van der Waals surface area (Å²) in [4.78, 5) is 27.6. The van der Waals surface area contributed by atoms with Crippen LogP contribution in [-0.2, 0) is 0 Å². The van der Waals surface area contributed by atoms with Crippen LogP contribution in [0.5, 0.6) is 0 Å².